The second kappa shape index (κ2) is 6.06. The number of hydrogen-bond donors (Lipinski definition) is 2. The van der Waals surface area contributed by atoms with E-state index in [-0.39, 0.29) is 25.2 Å². The maximum absolute atomic E-state index is 12.1. The molecule has 0 saturated carbocycles. The van der Waals surface area contributed by atoms with Crippen molar-refractivity contribution in [1.82, 2.24) is 15.1 Å². The Morgan fingerprint density at radius 1 is 1.42 bits per heavy atom. The summed E-state index contributed by atoms with van der Waals surface area (Å²) in [5.74, 6) is -0.477. The lowest BCUT2D eigenvalue weighted by atomic mass is 9.84. The summed E-state index contributed by atoms with van der Waals surface area (Å²) < 4.78 is 0. The number of carboxylic acid groups (broad SMARTS) is 1. The summed E-state index contributed by atoms with van der Waals surface area (Å²) in [6.07, 6.45) is 3.77. The van der Waals surface area contributed by atoms with Crippen molar-refractivity contribution < 1.29 is 14.7 Å². The Kier molecular flexibility index (Phi) is 4.42. The van der Waals surface area contributed by atoms with E-state index in [4.69, 9.17) is 5.11 Å². The molecule has 3 saturated heterocycles. The van der Waals surface area contributed by atoms with Crippen molar-refractivity contribution in [2.75, 3.05) is 32.7 Å². The van der Waals surface area contributed by atoms with E-state index in [0.29, 0.717) is 5.92 Å². The molecule has 0 aromatic rings. The smallest absolute Gasteiger partial charge is 0.323 e. The number of piperidine rings is 3. The molecule has 6 heteroatoms. The van der Waals surface area contributed by atoms with E-state index in [1.165, 1.54) is 4.90 Å². The summed E-state index contributed by atoms with van der Waals surface area (Å²) >= 11 is 0. The summed E-state index contributed by atoms with van der Waals surface area (Å²) in [5.41, 5.74) is 0. The van der Waals surface area contributed by atoms with E-state index in [2.05, 4.69) is 16.8 Å². The minimum absolute atomic E-state index is 0.149. The van der Waals surface area contributed by atoms with E-state index in [9.17, 15) is 9.59 Å². The second-order valence-electron chi connectivity index (χ2n) is 5.26. The Labute approximate surface area is 113 Å². The largest absolute Gasteiger partial charge is 0.480 e. The Balaban J connectivity index is 1.91. The number of amides is 2. The standard InChI is InChI=1S/C13H21N3O3/c1-2-5-16(9-12(17)18)13(19)14-11-8-15-6-3-10(11)4-7-15/h2,10-11H,1,3-9H2,(H,14,19)(H,17,18). The first-order chi connectivity index (χ1) is 9.10. The minimum Gasteiger partial charge on any atom is -0.480 e. The number of aliphatic carboxylic acids is 1. The zero-order chi connectivity index (χ0) is 13.8. The molecule has 0 aromatic carbocycles. The summed E-state index contributed by atoms with van der Waals surface area (Å²) in [6, 6.07) is -0.155. The molecule has 3 rings (SSSR count). The average Bonchev–Trinajstić information content (AvgIpc) is 2.39. The highest BCUT2D eigenvalue weighted by molar-refractivity contribution is 5.80. The molecule has 3 aliphatic heterocycles. The Bertz CT molecular complexity index is 364. The summed E-state index contributed by atoms with van der Waals surface area (Å²) in [5, 5.41) is 11.8. The number of nitrogens with one attached hydrogen (secondary N) is 1. The molecule has 2 bridgehead atoms. The van der Waals surface area contributed by atoms with Crippen molar-refractivity contribution >= 4 is 12.0 Å². The van der Waals surface area contributed by atoms with Gasteiger partial charge in [-0.25, -0.2) is 4.79 Å². The molecule has 1 unspecified atom stereocenters. The van der Waals surface area contributed by atoms with Gasteiger partial charge in [0.15, 0.2) is 0 Å². The van der Waals surface area contributed by atoms with Crippen LogP contribution in [0.15, 0.2) is 12.7 Å². The third-order valence-corrected chi connectivity index (χ3v) is 3.93. The summed E-state index contributed by atoms with van der Waals surface area (Å²) in [6.45, 7) is 6.62. The van der Waals surface area contributed by atoms with Gasteiger partial charge >= 0.3 is 12.0 Å². The van der Waals surface area contributed by atoms with Crippen LogP contribution in [0.4, 0.5) is 4.79 Å². The molecule has 0 aliphatic carbocycles. The number of fused-ring (bicyclic) bond motifs is 3. The number of nitrogens with zero attached hydrogens (tertiary/aromatic N) is 2. The van der Waals surface area contributed by atoms with Crippen LogP contribution in [0, 0.1) is 5.92 Å². The van der Waals surface area contributed by atoms with Gasteiger partial charge in [-0.05, 0) is 31.8 Å². The summed E-state index contributed by atoms with van der Waals surface area (Å²) in [7, 11) is 0. The van der Waals surface area contributed by atoms with Gasteiger partial charge in [0.25, 0.3) is 0 Å². The van der Waals surface area contributed by atoms with Crippen LogP contribution in [0.5, 0.6) is 0 Å². The van der Waals surface area contributed by atoms with Gasteiger partial charge < -0.3 is 20.2 Å². The molecule has 0 radical (unpaired) electrons. The van der Waals surface area contributed by atoms with Crippen molar-refractivity contribution in [2.45, 2.75) is 18.9 Å². The van der Waals surface area contributed by atoms with Crippen molar-refractivity contribution in [2.24, 2.45) is 5.92 Å². The van der Waals surface area contributed by atoms with Gasteiger partial charge in [-0.1, -0.05) is 6.08 Å². The van der Waals surface area contributed by atoms with Crippen LogP contribution in [0.2, 0.25) is 0 Å². The lowest BCUT2D eigenvalue weighted by Gasteiger charge is -2.45. The first-order valence-corrected chi connectivity index (χ1v) is 6.70. The zero-order valence-electron chi connectivity index (χ0n) is 11.0. The van der Waals surface area contributed by atoms with Crippen LogP contribution in [0.1, 0.15) is 12.8 Å². The molecule has 3 aliphatic rings. The van der Waals surface area contributed by atoms with Gasteiger partial charge in [0, 0.05) is 19.1 Å². The molecular weight excluding hydrogens is 246 g/mol. The van der Waals surface area contributed by atoms with Crippen LogP contribution < -0.4 is 5.32 Å². The van der Waals surface area contributed by atoms with E-state index in [1.54, 1.807) is 6.08 Å². The van der Waals surface area contributed by atoms with Crippen molar-refractivity contribution in [3.63, 3.8) is 0 Å². The quantitative estimate of drug-likeness (QED) is 0.706. The Morgan fingerprint density at radius 3 is 2.58 bits per heavy atom. The average molecular weight is 267 g/mol. The highest BCUT2D eigenvalue weighted by Gasteiger charge is 2.35. The number of carboxylic acids is 1. The Hall–Kier alpha value is -1.56. The van der Waals surface area contributed by atoms with Crippen molar-refractivity contribution in [3.05, 3.63) is 12.7 Å². The van der Waals surface area contributed by atoms with Crippen LogP contribution in [0.25, 0.3) is 0 Å². The number of carbonyl (C=O) groups is 2. The molecule has 1 atom stereocenters. The zero-order valence-corrected chi connectivity index (χ0v) is 11.0. The topological polar surface area (TPSA) is 72.9 Å². The number of hydrogen-bond acceptors (Lipinski definition) is 3. The van der Waals surface area contributed by atoms with Gasteiger partial charge in [-0.15, -0.1) is 6.58 Å². The molecule has 2 N–H and O–H groups in total. The monoisotopic (exact) mass is 267 g/mol. The fourth-order valence-corrected chi connectivity index (χ4v) is 2.92. The normalized spacial score (nSPS) is 28.7. The van der Waals surface area contributed by atoms with E-state index in [1.807, 2.05) is 0 Å². The lowest BCUT2D eigenvalue weighted by Crippen LogP contribution is -2.59. The second-order valence-corrected chi connectivity index (χ2v) is 5.26. The molecule has 0 aromatic heterocycles. The SMILES string of the molecule is C=CCN(CC(=O)O)C(=O)NC1CN2CCC1CC2. The fraction of sp³-hybridized carbons (Fsp3) is 0.692. The first kappa shape index (κ1) is 13.9. The molecule has 6 nitrogen and oxygen atoms in total. The maximum atomic E-state index is 12.1. The minimum atomic E-state index is -1.01. The van der Waals surface area contributed by atoms with Crippen LogP contribution >= 0.6 is 0 Å². The van der Waals surface area contributed by atoms with Crippen molar-refractivity contribution in [1.29, 1.82) is 0 Å². The number of urea groups is 1. The van der Waals surface area contributed by atoms with Crippen molar-refractivity contribution in [3.8, 4) is 0 Å². The highest BCUT2D eigenvalue weighted by atomic mass is 16.4. The molecule has 3 heterocycles. The van der Waals surface area contributed by atoms with Crippen LogP contribution in [-0.2, 0) is 4.79 Å². The van der Waals surface area contributed by atoms with E-state index < -0.39 is 5.97 Å². The molecule has 19 heavy (non-hydrogen) atoms. The predicted molar refractivity (Wildman–Crippen MR) is 70.9 cm³/mol. The molecule has 3 fully saturated rings. The predicted octanol–water partition coefficient (Wildman–Crippen LogP) is 0.363. The highest BCUT2D eigenvalue weighted by Crippen LogP contribution is 2.27. The summed E-state index contributed by atoms with van der Waals surface area (Å²) in [4.78, 5) is 26.5. The molecular formula is C13H21N3O3. The van der Waals surface area contributed by atoms with E-state index in [0.717, 1.165) is 32.5 Å². The van der Waals surface area contributed by atoms with Gasteiger partial charge in [0.2, 0.25) is 0 Å². The maximum Gasteiger partial charge on any atom is 0.323 e. The van der Waals surface area contributed by atoms with E-state index >= 15 is 0 Å². The van der Waals surface area contributed by atoms with Gasteiger partial charge in [-0.3, -0.25) is 4.79 Å². The number of carbonyl (C=O) groups excluding carboxylic acids is 1. The third-order valence-electron chi connectivity index (χ3n) is 3.93. The van der Waals surface area contributed by atoms with Crippen LogP contribution in [0.3, 0.4) is 0 Å². The molecule has 2 amide bonds. The fourth-order valence-electron chi connectivity index (χ4n) is 2.92. The molecule has 0 spiro atoms. The van der Waals surface area contributed by atoms with Gasteiger partial charge in [0.1, 0.15) is 6.54 Å². The van der Waals surface area contributed by atoms with Gasteiger partial charge in [0.05, 0.1) is 0 Å². The third kappa shape index (κ3) is 3.47. The van der Waals surface area contributed by atoms with Crippen LogP contribution in [-0.4, -0.2) is 65.7 Å². The first-order valence-electron chi connectivity index (χ1n) is 6.70. The Morgan fingerprint density at radius 2 is 2.11 bits per heavy atom. The molecule has 106 valence electrons. The number of rotatable bonds is 5. The lowest BCUT2D eigenvalue weighted by molar-refractivity contribution is -0.137. The van der Waals surface area contributed by atoms with Gasteiger partial charge in [-0.2, -0.15) is 0 Å².